The highest BCUT2D eigenvalue weighted by Crippen LogP contribution is 2.58. The molecule has 0 spiro atoms. The van der Waals surface area contributed by atoms with E-state index in [0.29, 0.717) is 12.8 Å². The minimum Gasteiger partial charge on any atom is -0.458 e. The Morgan fingerprint density at radius 1 is 1.35 bits per heavy atom. The van der Waals surface area contributed by atoms with Crippen LogP contribution in [-0.4, -0.2) is 45.6 Å². The highest BCUT2D eigenvalue weighted by molar-refractivity contribution is 5.89. The zero-order valence-electron chi connectivity index (χ0n) is 16.0. The van der Waals surface area contributed by atoms with Gasteiger partial charge in [-0.05, 0) is 40.5 Å². The molecule has 1 heterocycles. The number of ether oxygens (including phenoxy) is 2. The second kappa shape index (κ2) is 5.92. The van der Waals surface area contributed by atoms with Gasteiger partial charge in [-0.3, -0.25) is 0 Å². The molecule has 3 aliphatic rings. The monoisotopic (exact) mass is 364 g/mol. The van der Waals surface area contributed by atoms with Crippen molar-refractivity contribution in [3.05, 3.63) is 23.8 Å². The Bertz CT molecular complexity index is 688. The molecule has 6 nitrogen and oxygen atoms in total. The Morgan fingerprint density at radius 3 is 2.62 bits per heavy atom. The topological polar surface area (TPSA) is 93.1 Å². The molecule has 0 bridgehead atoms. The number of fused-ring (bicyclic) bond motifs is 3. The molecule has 7 atom stereocenters. The Kier molecular flexibility index (Phi) is 4.36. The van der Waals surface area contributed by atoms with E-state index in [1.807, 2.05) is 6.92 Å². The van der Waals surface area contributed by atoms with E-state index in [1.54, 1.807) is 39.8 Å². The molecule has 0 aromatic rings. The van der Waals surface area contributed by atoms with Gasteiger partial charge in [-0.25, -0.2) is 9.59 Å². The number of aliphatic hydroxyl groups excluding tert-OH is 1. The molecule has 0 unspecified atom stereocenters. The Labute approximate surface area is 153 Å². The van der Waals surface area contributed by atoms with Gasteiger partial charge in [0.2, 0.25) is 5.60 Å². The van der Waals surface area contributed by atoms with Crippen LogP contribution in [0.4, 0.5) is 0 Å². The van der Waals surface area contributed by atoms with Crippen LogP contribution in [0.25, 0.3) is 0 Å². The number of esters is 2. The summed E-state index contributed by atoms with van der Waals surface area (Å²) in [7, 11) is 0. The minimum atomic E-state index is -1.39. The maximum Gasteiger partial charge on any atom is 0.351 e. The summed E-state index contributed by atoms with van der Waals surface area (Å²) in [5.41, 5.74) is -2.46. The van der Waals surface area contributed by atoms with Crippen LogP contribution in [0.5, 0.6) is 0 Å². The lowest BCUT2D eigenvalue weighted by atomic mass is 9.52. The smallest absolute Gasteiger partial charge is 0.351 e. The number of carbonyl (C=O) groups is 2. The third-order valence-electron chi connectivity index (χ3n) is 6.43. The van der Waals surface area contributed by atoms with E-state index in [2.05, 4.69) is 0 Å². The van der Waals surface area contributed by atoms with Crippen LogP contribution >= 0.6 is 0 Å². The third kappa shape index (κ3) is 2.70. The second-order valence-corrected chi connectivity index (χ2v) is 8.78. The first-order chi connectivity index (χ1) is 11.9. The van der Waals surface area contributed by atoms with Crippen LogP contribution in [0.1, 0.15) is 47.5 Å². The predicted molar refractivity (Wildman–Crippen MR) is 93.9 cm³/mol. The summed E-state index contributed by atoms with van der Waals surface area (Å²) in [4.78, 5) is 24.8. The number of rotatable bonds is 2. The summed E-state index contributed by atoms with van der Waals surface area (Å²) < 4.78 is 11.2. The van der Waals surface area contributed by atoms with Crippen LogP contribution < -0.4 is 0 Å². The molecule has 26 heavy (non-hydrogen) atoms. The maximum absolute atomic E-state index is 12.7. The van der Waals surface area contributed by atoms with Gasteiger partial charge in [0.25, 0.3) is 0 Å². The zero-order valence-corrected chi connectivity index (χ0v) is 16.0. The van der Waals surface area contributed by atoms with E-state index >= 15 is 0 Å². The summed E-state index contributed by atoms with van der Waals surface area (Å²) in [5, 5.41) is 21.5. The fraction of sp³-hybridized carbons (Fsp3) is 0.700. The molecule has 1 saturated carbocycles. The van der Waals surface area contributed by atoms with Crippen molar-refractivity contribution >= 4 is 11.9 Å². The van der Waals surface area contributed by atoms with Gasteiger partial charge in [-0.2, -0.15) is 0 Å². The molecule has 1 aliphatic heterocycles. The Balaban J connectivity index is 1.96. The van der Waals surface area contributed by atoms with Crippen LogP contribution in [0, 0.1) is 17.3 Å². The summed E-state index contributed by atoms with van der Waals surface area (Å²) >= 11 is 0. The predicted octanol–water partition coefficient (Wildman–Crippen LogP) is 1.89. The van der Waals surface area contributed by atoms with E-state index in [1.165, 1.54) is 6.08 Å². The molecule has 0 aromatic carbocycles. The molecule has 2 aliphatic carbocycles. The number of aliphatic hydroxyl groups is 2. The van der Waals surface area contributed by atoms with Crippen molar-refractivity contribution in [2.24, 2.45) is 17.3 Å². The van der Waals surface area contributed by atoms with Gasteiger partial charge in [0.15, 0.2) is 0 Å². The minimum absolute atomic E-state index is 0.368. The molecule has 2 fully saturated rings. The van der Waals surface area contributed by atoms with E-state index in [0.717, 1.165) is 5.57 Å². The highest BCUT2D eigenvalue weighted by atomic mass is 16.6. The summed E-state index contributed by atoms with van der Waals surface area (Å²) in [6.07, 6.45) is 4.33. The van der Waals surface area contributed by atoms with Gasteiger partial charge in [0.1, 0.15) is 6.10 Å². The van der Waals surface area contributed by atoms with E-state index < -0.39 is 46.7 Å². The molecular formula is C20H28O6. The summed E-state index contributed by atoms with van der Waals surface area (Å²) in [6.45, 7) is 8.72. The van der Waals surface area contributed by atoms with Gasteiger partial charge in [-0.15, -0.1) is 0 Å². The van der Waals surface area contributed by atoms with Gasteiger partial charge >= 0.3 is 11.9 Å². The molecule has 0 radical (unpaired) electrons. The van der Waals surface area contributed by atoms with E-state index in [-0.39, 0.29) is 5.92 Å². The van der Waals surface area contributed by atoms with Crippen LogP contribution in [-0.2, 0) is 19.1 Å². The zero-order chi connectivity index (χ0) is 19.5. The first kappa shape index (κ1) is 19.1. The number of carbonyl (C=O) groups excluding carboxylic acids is 2. The van der Waals surface area contributed by atoms with Crippen LogP contribution in [0.3, 0.4) is 0 Å². The van der Waals surface area contributed by atoms with Crippen molar-refractivity contribution in [2.45, 2.75) is 70.9 Å². The summed E-state index contributed by atoms with van der Waals surface area (Å²) in [5.74, 6) is -2.02. The lowest BCUT2D eigenvalue weighted by Crippen LogP contribution is -2.61. The van der Waals surface area contributed by atoms with Crippen molar-refractivity contribution in [1.82, 2.24) is 0 Å². The molecule has 3 rings (SSSR count). The SMILES string of the molecule is CC(C)=CC(=O)O[C@@]1(C)C(=O)O[C@@H]2[C@@H]3[C@@](C)(CC[C@@H]21)[C@@H](O)C=C[C@]3(C)O. The van der Waals surface area contributed by atoms with Crippen molar-refractivity contribution in [3.63, 3.8) is 0 Å². The molecular weight excluding hydrogens is 336 g/mol. The Morgan fingerprint density at radius 2 is 2.00 bits per heavy atom. The standard InChI is InChI=1S/C20H28O6/c1-11(2)10-14(22)26-20(5)12-6-8-18(3)13(21)7-9-19(4,24)16(18)15(12)25-17(20)23/h7,9-10,12-13,15-16,21,24H,6,8H2,1-5H3/t12-,13-,15-,16+,18-,19-,20+/m0/s1. The van der Waals surface area contributed by atoms with Crippen molar-refractivity contribution < 1.29 is 29.3 Å². The molecule has 0 amide bonds. The average molecular weight is 364 g/mol. The number of hydrogen-bond donors (Lipinski definition) is 2. The summed E-state index contributed by atoms with van der Waals surface area (Å²) in [6, 6.07) is 0. The van der Waals surface area contributed by atoms with Crippen molar-refractivity contribution in [3.8, 4) is 0 Å². The molecule has 6 heteroatoms. The van der Waals surface area contributed by atoms with Crippen LogP contribution in [0.15, 0.2) is 23.8 Å². The lowest BCUT2D eigenvalue weighted by Gasteiger charge is -2.55. The highest BCUT2D eigenvalue weighted by Gasteiger charge is 2.68. The van der Waals surface area contributed by atoms with Gasteiger partial charge in [0.05, 0.1) is 11.7 Å². The van der Waals surface area contributed by atoms with E-state index in [9.17, 15) is 19.8 Å². The first-order valence-corrected chi connectivity index (χ1v) is 9.10. The largest absolute Gasteiger partial charge is 0.458 e. The van der Waals surface area contributed by atoms with Crippen LogP contribution in [0.2, 0.25) is 0 Å². The van der Waals surface area contributed by atoms with Gasteiger partial charge in [-0.1, -0.05) is 24.6 Å². The first-order valence-electron chi connectivity index (χ1n) is 9.10. The Hall–Kier alpha value is -1.66. The van der Waals surface area contributed by atoms with Crippen molar-refractivity contribution in [2.75, 3.05) is 0 Å². The lowest BCUT2D eigenvalue weighted by molar-refractivity contribution is -0.175. The molecule has 144 valence electrons. The molecule has 2 N–H and O–H groups in total. The normalized spacial score (nSPS) is 46.8. The quantitative estimate of drug-likeness (QED) is 0.442. The number of hydrogen-bond acceptors (Lipinski definition) is 6. The molecule has 1 saturated heterocycles. The molecule has 0 aromatic heterocycles. The van der Waals surface area contributed by atoms with Gasteiger partial charge < -0.3 is 19.7 Å². The fourth-order valence-corrected chi connectivity index (χ4v) is 5.06. The average Bonchev–Trinajstić information content (AvgIpc) is 2.73. The fourth-order valence-electron chi connectivity index (χ4n) is 5.06. The third-order valence-corrected chi connectivity index (χ3v) is 6.43. The maximum atomic E-state index is 12.7. The van der Waals surface area contributed by atoms with Crippen molar-refractivity contribution in [1.29, 1.82) is 0 Å². The number of allylic oxidation sites excluding steroid dienone is 1. The van der Waals surface area contributed by atoms with Gasteiger partial charge in [0, 0.05) is 23.3 Å². The second-order valence-electron chi connectivity index (χ2n) is 8.78. The van der Waals surface area contributed by atoms with E-state index in [4.69, 9.17) is 9.47 Å².